The predicted octanol–water partition coefficient (Wildman–Crippen LogP) is 3.85. The highest BCUT2D eigenvalue weighted by atomic mass is 35.5. The quantitative estimate of drug-likeness (QED) is 0.431. The first kappa shape index (κ1) is 21.3. The minimum atomic E-state index is -0.622. The Balaban J connectivity index is 1.81. The summed E-state index contributed by atoms with van der Waals surface area (Å²) in [5.41, 5.74) is 1.08. The second kappa shape index (κ2) is 9.39. The van der Waals surface area contributed by atoms with Gasteiger partial charge in [0, 0.05) is 27.9 Å². The Morgan fingerprint density at radius 2 is 1.93 bits per heavy atom. The SMILES string of the molecule is CCC(Sc1c([O-])on[n+]1-c1ccc(OC)cc1)C(=O)Nc1cc(Cl)cc(Cl)c1. The van der Waals surface area contributed by atoms with Crippen molar-refractivity contribution in [3.8, 4) is 17.4 Å². The number of ether oxygens (including phenoxy) is 1. The lowest BCUT2D eigenvalue weighted by molar-refractivity contribution is -0.705. The Kier molecular flexibility index (Phi) is 6.89. The number of halogens is 2. The van der Waals surface area contributed by atoms with Crippen molar-refractivity contribution >= 4 is 46.6 Å². The molecule has 0 bridgehead atoms. The normalized spacial score (nSPS) is 11.9. The van der Waals surface area contributed by atoms with Crippen LogP contribution in [0.25, 0.3) is 5.69 Å². The van der Waals surface area contributed by atoms with E-state index in [0.717, 1.165) is 11.8 Å². The average molecular weight is 454 g/mol. The van der Waals surface area contributed by atoms with Gasteiger partial charge < -0.3 is 19.7 Å². The first-order valence-electron chi connectivity index (χ1n) is 8.58. The summed E-state index contributed by atoms with van der Waals surface area (Å²) in [5.74, 6) is -0.249. The lowest BCUT2D eigenvalue weighted by Gasteiger charge is -2.13. The number of methoxy groups -OCH3 is 1. The summed E-state index contributed by atoms with van der Waals surface area (Å²) in [7, 11) is 1.56. The number of rotatable bonds is 7. The molecule has 1 amide bonds. The number of anilines is 1. The summed E-state index contributed by atoms with van der Waals surface area (Å²) in [6.45, 7) is 1.85. The third-order valence-electron chi connectivity index (χ3n) is 3.94. The molecule has 0 saturated carbocycles. The lowest BCUT2D eigenvalue weighted by Crippen LogP contribution is -2.36. The maximum atomic E-state index is 12.7. The van der Waals surface area contributed by atoms with E-state index in [-0.39, 0.29) is 10.9 Å². The van der Waals surface area contributed by atoms with Gasteiger partial charge in [-0.05, 0) is 53.2 Å². The van der Waals surface area contributed by atoms with E-state index in [4.69, 9.17) is 32.5 Å². The molecule has 0 aliphatic rings. The molecule has 1 heterocycles. The highest BCUT2D eigenvalue weighted by molar-refractivity contribution is 8.00. The van der Waals surface area contributed by atoms with E-state index >= 15 is 0 Å². The van der Waals surface area contributed by atoms with Crippen molar-refractivity contribution < 1.29 is 23.8 Å². The van der Waals surface area contributed by atoms with E-state index in [1.165, 1.54) is 4.68 Å². The molecule has 0 aliphatic carbocycles. The minimum Gasteiger partial charge on any atom is -0.538 e. The molecule has 0 aliphatic heterocycles. The topological polar surface area (TPSA) is 91.3 Å². The zero-order valence-corrected chi connectivity index (χ0v) is 17.8. The monoisotopic (exact) mass is 453 g/mol. The number of hydrogen-bond donors (Lipinski definition) is 1. The molecular weight excluding hydrogens is 437 g/mol. The molecule has 0 saturated heterocycles. The van der Waals surface area contributed by atoms with E-state index in [2.05, 4.69) is 10.6 Å². The maximum absolute atomic E-state index is 12.7. The van der Waals surface area contributed by atoms with Crippen molar-refractivity contribution in [3.05, 3.63) is 52.5 Å². The summed E-state index contributed by atoms with van der Waals surface area (Å²) >= 11 is 13.0. The van der Waals surface area contributed by atoms with Crippen LogP contribution in [-0.4, -0.2) is 23.5 Å². The van der Waals surface area contributed by atoms with Crippen LogP contribution < -0.4 is 19.8 Å². The zero-order valence-electron chi connectivity index (χ0n) is 15.5. The number of aromatic nitrogens is 2. The smallest absolute Gasteiger partial charge is 0.298 e. The van der Waals surface area contributed by atoms with Crippen molar-refractivity contribution in [2.24, 2.45) is 0 Å². The van der Waals surface area contributed by atoms with Crippen LogP contribution in [0.3, 0.4) is 0 Å². The van der Waals surface area contributed by atoms with Crippen LogP contribution in [-0.2, 0) is 4.79 Å². The fourth-order valence-electron chi connectivity index (χ4n) is 2.53. The van der Waals surface area contributed by atoms with Gasteiger partial charge in [-0.3, -0.25) is 4.79 Å². The number of amides is 1. The first-order chi connectivity index (χ1) is 13.9. The number of nitrogens with one attached hydrogen (secondary N) is 1. The third kappa shape index (κ3) is 5.14. The van der Waals surface area contributed by atoms with Crippen LogP contribution >= 0.6 is 35.0 Å². The second-order valence-corrected chi connectivity index (χ2v) is 8.00. The first-order valence-corrected chi connectivity index (χ1v) is 10.2. The minimum absolute atomic E-state index is 0.196. The van der Waals surface area contributed by atoms with Crippen LogP contribution in [0.15, 0.2) is 52.0 Å². The van der Waals surface area contributed by atoms with E-state index in [9.17, 15) is 9.90 Å². The maximum Gasteiger partial charge on any atom is 0.298 e. The molecule has 0 fully saturated rings. The molecule has 3 aromatic rings. The van der Waals surface area contributed by atoms with E-state index in [1.807, 2.05) is 6.92 Å². The molecule has 0 radical (unpaired) electrons. The highest BCUT2D eigenvalue weighted by Crippen LogP contribution is 2.30. The van der Waals surface area contributed by atoms with Crippen LogP contribution in [0.1, 0.15) is 13.3 Å². The van der Waals surface area contributed by atoms with Gasteiger partial charge in [0.15, 0.2) is 5.95 Å². The standard InChI is InChI=1S/C19H17Cl2N3O4S/c1-3-16(17(25)22-13-9-11(20)8-12(21)10-13)29-18-19(26)28-23-24(18)14-4-6-15(27-2)7-5-14/h4-10,16H,3H2,1-2H3,(H-,22,23,25,26). The Bertz CT molecular complexity index is 991. The molecule has 10 heteroatoms. The second-order valence-electron chi connectivity index (χ2n) is 5.94. The molecule has 1 N–H and O–H groups in total. The van der Waals surface area contributed by atoms with Gasteiger partial charge in [0.25, 0.3) is 5.03 Å². The molecule has 2 aromatic carbocycles. The van der Waals surface area contributed by atoms with Gasteiger partial charge in [-0.25, -0.2) is 0 Å². The number of carbonyl (C=O) groups is 1. The zero-order chi connectivity index (χ0) is 21.0. The molecule has 1 atom stereocenters. The molecule has 152 valence electrons. The fourth-order valence-corrected chi connectivity index (χ4v) is 4.03. The van der Waals surface area contributed by atoms with Gasteiger partial charge in [0.2, 0.25) is 11.6 Å². The van der Waals surface area contributed by atoms with Crippen LogP contribution in [0.4, 0.5) is 5.69 Å². The predicted molar refractivity (Wildman–Crippen MR) is 109 cm³/mol. The van der Waals surface area contributed by atoms with Crippen LogP contribution in [0.2, 0.25) is 10.0 Å². The van der Waals surface area contributed by atoms with Gasteiger partial charge >= 0.3 is 0 Å². The molecule has 0 spiro atoms. The van der Waals surface area contributed by atoms with Gasteiger partial charge in [0.05, 0.1) is 17.6 Å². The Morgan fingerprint density at radius 1 is 1.28 bits per heavy atom. The van der Waals surface area contributed by atoms with Crippen LogP contribution in [0, 0.1) is 0 Å². The fraction of sp³-hybridized carbons (Fsp3) is 0.211. The number of nitrogens with zero attached hydrogens (tertiary/aromatic N) is 2. The summed E-state index contributed by atoms with van der Waals surface area (Å²) in [5, 5.41) is 19.2. The van der Waals surface area contributed by atoms with E-state index < -0.39 is 11.2 Å². The van der Waals surface area contributed by atoms with Crippen molar-refractivity contribution in [3.63, 3.8) is 0 Å². The molecule has 1 aromatic heterocycles. The number of hydrogen-bond acceptors (Lipinski definition) is 6. The van der Waals surface area contributed by atoms with Gasteiger partial charge in [0.1, 0.15) is 5.75 Å². The number of thioether (sulfide) groups is 1. The molecule has 29 heavy (non-hydrogen) atoms. The van der Waals surface area contributed by atoms with Gasteiger partial charge in [-0.1, -0.05) is 30.1 Å². The van der Waals surface area contributed by atoms with Crippen molar-refractivity contribution in [1.82, 2.24) is 5.27 Å². The lowest BCUT2D eigenvalue weighted by atomic mass is 10.2. The Hall–Kier alpha value is -2.42. The number of carbonyl (C=O) groups excluding carboxylic acids is 1. The van der Waals surface area contributed by atoms with E-state index in [0.29, 0.717) is 33.6 Å². The number of benzene rings is 2. The van der Waals surface area contributed by atoms with Gasteiger partial charge in [-0.2, -0.15) is 0 Å². The largest absolute Gasteiger partial charge is 0.538 e. The van der Waals surface area contributed by atoms with Crippen molar-refractivity contribution in [1.29, 1.82) is 0 Å². The van der Waals surface area contributed by atoms with Crippen molar-refractivity contribution in [2.75, 3.05) is 12.4 Å². The summed E-state index contributed by atoms with van der Waals surface area (Å²) in [6, 6.07) is 11.7. The average Bonchev–Trinajstić information content (AvgIpc) is 3.05. The Morgan fingerprint density at radius 3 is 2.52 bits per heavy atom. The van der Waals surface area contributed by atoms with Crippen LogP contribution in [0.5, 0.6) is 11.7 Å². The summed E-state index contributed by atoms with van der Waals surface area (Å²) < 4.78 is 11.3. The highest BCUT2D eigenvalue weighted by Gasteiger charge is 2.28. The molecular formula is C19H17Cl2N3O4S. The van der Waals surface area contributed by atoms with Crippen molar-refractivity contribution in [2.45, 2.75) is 23.6 Å². The third-order valence-corrected chi connectivity index (χ3v) is 5.77. The van der Waals surface area contributed by atoms with Gasteiger partial charge in [-0.15, -0.1) is 0 Å². The summed E-state index contributed by atoms with van der Waals surface area (Å²) in [6.07, 6.45) is 0.470. The molecule has 1 unspecified atom stereocenters. The molecule has 3 rings (SSSR count). The molecule has 7 nitrogen and oxygen atoms in total. The summed E-state index contributed by atoms with van der Waals surface area (Å²) in [4.78, 5) is 12.7. The Labute approximate surface area is 181 Å². The van der Waals surface area contributed by atoms with E-state index in [1.54, 1.807) is 49.6 Å².